The van der Waals surface area contributed by atoms with Crippen molar-refractivity contribution in [3.63, 3.8) is 0 Å². The van der Waals surface area contributed by atoms with Crippen LogP contribution in [0, 0.1) is 11.3 Å². The molecule has 2 N–H and O–H groups in total. The smallest absolute Gasteiger partial charge is 0.0994 e. The predicted molar refractivity (Wildman–Crippen MR) is 62.7 cm³/mol. The van der Waals surface area contributed by atoms with Gasteiger partial charge in [0, 0.05) is 6.54 Å². The highest BCUT2D eigenvalue weighted by molar-refractivity contribution is 5.45. The van der Waals surface area contributed by atoms with Gasteiger partial charge >= 0.3 is 0 Å². The van der Waals surface area contributed by atoms with Crippen LogP contribution in [-0.2, 0) is 0 Å². The molecule has 0 spiro atoms. The minimum absolute atomic E-state index is 0.460. The summed E-state index contributed by atoms with van der Waals surface area (Å²) in [5.41, 5.74) is 7.98. The van der Waals surface area contributed by atoms with Crippen molar-refractivity contribution in [2.45, 2.75) is 27.7 Å². The first-order valence-electron chi connectivity index (χ1n) is 4.80. The predicted octanol–water partition coefficient (Wildman–Crippen LogP) is 2.94. The molecule has 78 valence electrons. The van der Waals surface area contributed by atoms with Crippen molar-refractivity contribution < 1.29 is 0 Å². The fourth-order valence-corrected chi connectivity index (χ4v) is 0.943. The Kier molecular flexibility index (Phi) is 10.6. The number of hydrogen-bond acceptors (Lipinski definition) is 2. The van der Waals surface area contributed by atoms with Crippen molar-refractivity contribution in [3.05, 3.63) is 35.5 Å². The molecule has 0 fully saturated rings. The maximum absolute atomic E-state index is 8.69. The van der Waals surface area contributed by atoms with Gasteiger partial charge in [-0.25, -0.2) is 0 Å². The fourth-order valence-electron chi connectivity index (χ4n) is 0.943. The third-order valence-electron chi connectivity index (χ3n) is 1.78. The topological polar surface area (TPSA) is 49.8 Å². The Bertz CT molecular complexity index is 265. The molecule has 0 saturated carbocycles. The maximum Gasteiger partial charge on any atom is 0.0994 e. The molecule has 14 heavy (non-hydrogen) atoms. The molecule has 0 heterocycles. The summed E-state index contributed by atoms with van der Waals surface area (Å²) in [5.74, 6) is 0. The van der Waals surface area contributed by atoms with E-state index < -0.39 is 0 Å². The summed E-state index contributed by atoms with van der Waals surface area (Å²) < 4.78 is 0. The third kappa shape index (κ3) is 4.64. The van der Waals surface area contributed by atoms with Gasteiger partial charge in [-0.1, -0.05) is 32.6 Å². The summed E-state index contributed by atoms with van der Waals surface area (Å²) in [6.07, 6.45) is 3.46. The molecule has 0 aliphatic heterocycles. The lowest BCUT2D eigenvalue weighted by molar-refractivity contribution is 1.13. The summed E-state index contributed by atoms with van der Waals surface area (Å²) in [7, 11) is 0. The number of hydrogen-bond donors (Lipinski definition) is 1. The van der Waals surface area contributed by atoms with E-state index in [1.165, 1.54) is 0 Å². The van der Waals surface area contributed by atoms with Crippen molar-refractivity contribution in [1.29, 1.82) is 5.26 Å². The minimum Gasteiger partial charge on any atom is -0.326 e. The third-order valence-corrected chi connectivity index (χ3v) is 1.78. The van der Waals surface area contributed by atoms with Gasteiger partial charge in [-0.15, -0.1) is 0 Å². The van der Waals surface area contributed by atoms with E-state index in [9.17, 15) is 0 Å². The van der Waals surface area contributed by atoms with Gasteiger partial charge < -0.3 is 5.73 Å². The van der Waals surface area contributed by atoms with Gasteiger partial charge in [-0.05, 0) is 25.0 Å². The quantitative estimate of drug-likeness (QED) is 0.552. The van der Waals surface area contributed by atoms with Crippen LogP contribution in [0.1, 0.15) is 27.7 Å². The molecule has 0 aromatic carbocycles. The Morgan fingerprint density at radius 2 is 2.00 bits per heavy atom. The van der Waals surface area contributed by atoms with E-state index in [-0.39, 0.29) is 0 Å². The molecular weight excluding hydrogens is 172 g/mol. The van der Waals surface area contributed by atoms with Gasteiger partial charge in [0.25, 0.3) is 0 Å². The molecule has 0 radical (unpaired) electrons. The lowest BCUT2D eigenvalue weighted by Crippen LogP contribution is -2.04. The van der Waals surface area contributed by atoms with E-state index in [4.69, 9.17) is 11.0 Å². The second-order valence-electron chi connectivity index (χ2n) is 2.37. The molecule has 0 rings (SSSR count). The monoisotopic (exact) mass is 192 g/mol. The molecule has 0 aromatic rings. The van der Waals surface area contributed by atoms with Crippen LogP contribution in [0.3, 0.4) is 0 Å². The summed E-state index contributed by atoms with van der Waals surface area (Å²) in [4.78, 5) is 0. The number of nitrogens with zero attached hydrogens (tertiary/aromatic N) is 1. The normalized spacial score (nSPS) is 11.9. The molecule has 0 bridgehead atoms. The highest BCUT2D eigenvalue weighted by Crippen LogP contribution is 2.13. The molecule has 0 amide bonds. The molecule has 0 aromatic heterocycles. The van der Waals surface area contributed by atoms with E-state index in [0.717, 1.165) is 11.1 Å². The first-order chi connectivity index (χ1) is 6.71. The number of nitriles is 1. The lowest BCUT2D eigenvalue weighted by Gasteiger charge is -2.04. The fraction of sp³-hybridized carbons (Fsp3) is 0.417. The van der Waals surface area contributed by atoms with Crippen LogP contribution < -0.4 is 5.73 Å². The average molecular weight is 192 g/mol. The SMILES string of the molecule is C=C/C(C#N)=C(C)\C(=C/C)CN.CC. The standard InChI is InChI=1S/C10H14N2.C2H6/c1-4-9(6-11)8(3)10(5-2)7-12;1-2/h4-5H,1,7,12H2,2-3H3;1-2H3/b9-8+,10-5-;. The van der Waals surface area contributed by atoms with Crippen LogP contribution in [0.2, 0.25) is 0 Å². The first-order valence-corrected chi connectivity index (χ1v) is 4.80. The van der Waals surface area contributed by atoms with E-state index >= 15 is 0 Å². The second-order valence-corrected chi connectivity index (χ2v) is 2.37. The highest BCUT2D eigenvalue weighted by atomic mass is 14.5. The number of allylic oxidation sites excluding steroid dienone is 3. The number of rotatable bonds is 3. The molecule has 0 atom stereocenters. The molecule has 0 unspecified atom stereocenters. The maximum atomic E-state index is 8.69. The van der Waals surface area contributed by atoms with Crippen molar-refractivity contribution in [1.82, 2.24) is 0 Å². The Labute approximate surface area is 87.4 Å². The van der Waals surface area contributed by atoms with E-state index in [2.05, 4.69) is 12.6 Å². The molecular formula is C12H20N2. The van der Waals surface area contributed by atoms with Crippen LogP contribution in [0.15, 0.2) is 35.5 Å². The van der Waals surface area contributed by atoms with Crippen molar-refractivity contribution in [2.24, 2.45) is 5.73 Å². The summed E-state index contributed by atoms with van der Waals surface area (Å²) in [6, 6.07) is 2.07. The van der Waals surface area contributed by atoms with E-state index in [1.807, 2.05) is 33.8 Å². The van der Waals surface area contributed by atoms with Crippen LogP contribution in [0.5, 0.6) is 0 Å². The van der Waals surface area contributed by atoms with Crippen molar-refractivity contribution in [3.8, 4) is 6.07 Å². The largest absolute Gasteiger partial charge is 0.326 e. The first kappa shape index (κ1) is 15.2. The Balaban J connectivity index is 0. The average Bonchev–Trinajstić information content (AvgIpc) is 2.24. The minimum atomic E-state index is 0.460. The van der Waals surface area contributed by atoms with Gasteiger partial charge in [-0.3, -0.25) is 0 Å². The Morgan fingerprint density at radius 1 is 1.50 bits per heavy atom. The molecule has 2 heteroatoms. The van der Waals surface area contributed by atoms with Gasteiger partial charge in [0.1, 0.15) is 0 Å². The van der Waals surface area contributed by atoms with Crippen LogP contribution in [0.4, 0.5) is 0 Å². The molecule has 2 nitrogen and oxygen atoms in total. The molecule has 0 aliphatic carbocycles. The zero-order valence-corrected chi connectivity index (χ0v) is 9.59. The zero-order valence-electron chi connectivity index (χ0n) is 9.59. The summed E-state index contributed by atoms with van der Waals surface area (Å²) in [6.45, 7) is 11.8. The van der Waals surface area contributed by atoms with Gasteiger partial charge in [0.2, 0.25) is 0 Å². The van der Waals surface area contributed by atoms with Gasteiger partial charge in [0.15, 0.2) is 0 Å². The lowest BCUT2D eigenvalue weighted by atomic mass is 10.0. The van der Waals surface area contributed by atoms with Gasteiger partial charge in [0.05, 0.1) is 11.6 Å². The molecule has 0 aliphatic rings. The Morgan fingerprint density at radius 3 is 2.21 bits per heavy atom. The summed E-state index contributed by atoms with van der Waals surface area (Å²) >= 11 is 0. The van der Waals surface area contributed by atoms with Crippen LogP contribution in [0.25, 0.3) is 0 Å². The van der Waals surface area contributed by atoms with Crippen molar-refractivity contribution >= 4 is 0 Å². The van der Waals surface area contributed by atoms with E-state index in [1.54, 1.807) is 6.08 Å². The number of nitrogens with two attached hydrogens (primary N) is 1. The second kappa shape index (κ2) is 9.76. The molecule has 0 saturated heterocycles. The summed E-state index contributed by atoms with van der Waals surface area (Å²) in [5, 5.41) is 8.69. The van der Waals surface area contributed by atoms with Crippen LogP contribution >= 0.6 is 0 Å². The zero-order chi connectivity index (χ0) is 11.6. The van der Waals surface area contributed by atoms with E-state index in [0.29, 0.717) is 12.1 Å². The Hall–Kier alpha value is -1.33. The van der Waals surface area contributed by atoms with Gasteiger partial charge in [-0.2, -0.15) is 5.26 Å². The highest BCUT2D eigenvalue weighted by Gasteiger charge is 2.01. The van der Waals surface area contributed by atoms with Crippen molar-refractivity contribution in [2.75, 3.05) is 6.54 Å². The van der Waals surface area contributed by atoms with Crippen LogP contribution in [-0.4, -0.2) is 6.54 Å².